The molecule has 2 N–H and O–H groups in total. The number of hydrogen-bond acceptors (Lipinski definition) is 6. The van der Waals surface area contributed by atoms with Gasteiger partial charge >= 0.3 is 0 Å². The Bertz CT molecular complexity index is 1200. The molecule has 0 aliphatic rings. The summed E-state index contributed by atoms with van der Waals surface area (Å²) >= 11 is 0. The van der Waals surface area contributed by atoms with Crippen LogP contribution >= 0.6 is 7.82 Å². The van der Waals surface area contributed by atoms with E-state index < -0.39 is 26.6 Å². The van der Waals surface area contributed by atoms with Crippen LogP contribution in [0.15, 0.2) is 72.9 Å². The minimum Gasteiger partial charge on any atom is -0.756 e. The maximum absolute atomic E-state index is 12.9. The second-order valence-corrected chi connectivity index (χ2v) is 18.8. The highest BCUT2D eigenvalue weighted by atomic mass is 31.2. The lowest BCUT2D eigenvalue weighted by atomic mass is 10.1. The van der Waals surface area contributed by atoms with Crippen LogP contribution in [0.5, 0.6) is 0 Å². The van der Waals surface area contributed by atoms with Crippen molar-refractivity contribution in [3.05, 3.63) is 72.9 Å². The molecule has 8 nitrogen and oxygen atoms in total. The zero-order chi connectivity index (χ0) is 44.3. The van der Waals surface area contributed by atoms with E-state index in [2.05, 4.69) is 79.9 Å². The van der Waals surface area contributed by atoms with Crippen LogP contribution < -0.4 is 10.2 Å². The minimum atomic E-state index is -4.60. The summed E-state index contributed by atoms with van der Waals surface area (Å²) in [5, 5.41) is 13.8. The first-order valence-corrected chi connectivity index (χ1v) is 25.8. The zero-order valence-corrected chi connectivity index (χ0v) is 40.3. The number of phosphoric ester groups is 1. The number of amides is 1. The number of aliphatic hydroxyl groups is 1. The Balaban J connectivity index is 4.42. The smallest absolute Gasteiger partial charge is 0.268 e. The summed E-state index contributed by atoms with van der Waals surface area (Å²) in [4.78, 5) is 25.4. The van der Waals surface area contributed by atoms with E-state index in [4.69, 9.17) is 9.05 Å². The van der Waals surface area contributed by atoms with E-state index in [1.807, 2.05) is 27.2 Å². The van der Waals surface area contributed by atoms with Gasteiger partial charge in [-0.3, -0.25) is 9.36 Å². The fourth-order valence-corrected chi connectivity index (χ4v) is 7.29. The zero-order valence-electron chi connectivity index (χ0n) is 39.4. The Morgan fingerprint density at radius 3 is 1.55 bits per heavy atom. The fourth-order valence-electron chi connectivity index (χ4n) is 6.57. The first-order valence-electron chi connectivity index (χ1n) is 24.3. The van der Waals surface area contributed by atoms with Gasteiger partial charge in [-0.15, -0.1) is 0 Å². The Kier molecular flexibility index (Phi) is 40.8. The molecule has 0 aromatic heterocycles. The largest absolute Gasteiger partial charge is 0.756 e. The van der Waals surface area contributed by atoms with Crippen LogP contribution in [0.4, 0.5) is 0 Å². The van der Waals surface area contributed by atoms with Crippen LogP contribution in [0, 0.1) is 0 Å². The molecule has 0 saturated heterocycles. The van der Waals surface area contributed by atoms with Gasteiger partial charge in [-0.2, -0.15) is 0 Å². The first kappa shape index (κ1) is 57.9. The summed E-state index contributed by atoms with van der Waals surface area (Å²) in [6.45, 7) is 4.50. The van der Waals surface area contributed by atoms with Crippen LogP contribution in [0.25, 0.3) is 0 Å². The minimum absolute atomic E-state index is 0.0113. The van der Waals surface area contributed by atoms with Crippen molar-refractivity contribution in [3.8, 4) is 0 Å². The summed E-state index contributed by atoms with van der Waals surface area (Å²) in [5.74, 6) is -0.219. The van der Waals surface area contributed by atoms with Crippen molar-refractivity contribution in [3.63, 3.8) is 0 Å². The summed E-state index contributed by atoms with van der Waals surface area (Å²) in [5.41, 5.74) is 0. The Hall–Kier alpha value is -2.06. The topological polar surface area (TPSA) is 108 Å². The van der Waals surface area contributed by atoms with Crippen molar-refractivity contribution < 1.29 is 32.9 Å². The second kappa shape index (κ2) is 42.3. The number of unbranched alkanes of at least 4 members (excludes halogenated alkanes) is 20. The first-order chi connectivity index (χ1) is 29.0. The van der Waals surface area contributed by atoms with Gasteiger partial charge in [-0.1, -0.05) is 189 Å². The van der Waals surface area contributed by atoms with E-state index >= 15 is 0 Å². The molecule has 0 aromatic rings. The molecule has 0 radical (unpaired) electrons. The lowest BCUT2D eigenvalue weighted by Gasteiger charge is -2.29. The van der Waals surface area contributed by atoms with E-state index in [1.54, 1.807) is 6.08 Å². The van der Waals surface area contributed by atoms with Crippen LogP contribution in [0.1, 0.15) is 194 Å². The number of likely N-dealkylation sites (N-methyl/N-ethyl adjacent to an activating group) is 1. The number of nitrogens with zero attached hydrogens (tertiary/aromatic N) is 1. The van der Waals surface area contributed by atoms with E-state index in [0.29, 0.717) is 17.4 Å². The van der Waals surface area contributed by atoms with Crippen molar-refractivity contribution in [2.45, 2.75) is 206 Å². The number of rotatable bonds is 43. The molecule has 348 valence electrons. The molecule has 3 atom stereocenters. The number of carbonyl (C=O) groups is 1. The molecule has 9 heteroatoms. The summed E-state index contributed by atoms with van der Waals surface area (Å²) in [7, 11) is 1.23. The average molecular weight is 861 g/mol. The number of phosphoric acid groups is 1. The highest BCUT2D eigenvalue weighted by molar-refractivity contribution is 7.45. The van der Waals surface area contributed by atoms with E-state index in [9.17, 15) is 19.4 Å². The van der Waals surface area contributed by atoms with Gasteiger partial charge in [0, 0.05) is 6.42 Å². The van der Waals surface area contributed by atoms with Gasteiger partial charge in [-0.05, 0) is 70.6 Å². The van der Waals surface area contributed by atoms with E-state index in [0.717, 1.165) is 77.0 Å². The van der Waals surface area contributed by atoms with Gasteiger partial charge in [0.05, 0.1) is 39.9 Å². The normalized spacial score (nSPS) is 14.8. The second-order valence-electron chi connectivity index (χ2n) is 17.4. The molecule has 0 fully saturated rings. The number of hydrogen-bond donors (Lipinski definition) is 2. The van der Waals surface area contributed by atoms with Gasteiger partial charge in [-0.25, -0.2) is 0 Å². The molecule has 0 aliphatic carbocycles. The highest BCUT2D eigenvalue weighted by Gasteiger charge is 2.23. The van der Waals surface area contributed by atoms with Crippen LogP contribution in [-0.2, 0) is 18.4 Å². The van der Waals surface area contributed by atoms with Crippen molar-refractivity contribution in [1.82, 2.24) is 5.32 Å². The number of allylic oxidation sites excluding steroid dienone is 11. The molecule has 1 amide bonds. The molecule has 0 rings (SSSR count). The van der Waals surface area contributed by atoms with E-state index in [1.165, 1.54) is 96.3 Å². The van der Waals surface area contributed by atoms with Crippen molar-refractivity contribution >= 4 is 13.7 Å². The monoisotopic (exact) mass is 861 g/mol. The maximum atomic E-state index is 12.9. The van der Waals surface area contributed by atoms with Crippen LogP contribution in [0.3, 0.4) is 0 Å². The third kappa shape index (κ3) is 44.0. The van der Waals surface area contributed by atoms with Crippen molar-refractivity contribution in [1.29, 1.82) is 0 Å². The summed E-state index contributed by atoms with van der Waals surface area (Å²) in [6, 6.07) is -0.911. The highest BCUT2D eigenvalue weighted by Crippen LogP contribution is 2.38. The number of aliphatic hydroxyl groups excluding tert-OH is 1. The average Bonchev–Trinajstić information content (AvgIpc) is 3.20. The van der Waals surface area contributed by atoms with Crippen LogP contribution in [-0.4, -0.2) is 68.5 Å². The molecule has 0 aromatic carbocycles. The van der Waals surface area contributed by atoms with Crippen LogP contribution in [0.2, 0.25) is 0 Å². The lowest BCUT2D eigenvalue weighted by Crippen LogP contribution is -2.45. The summed E-state index contributed by atoms with van der Waals surface area (Å²) < 4.78 is 23.2. The molecule has 60 heavy (non-hydrogen) atoms. The quantitative estimate of drug-likeness (QED) is 0.0274. The lowest BCUT2D eigenvalue weighted by molar-refractivity contribution is -0.870. The maximum Gasteiger partial charge on any atom is 0.268 e. The van der Waals surface area contributed by atoms with Crippen molar-refractivity contribution in [2.75, 3.05) is 40.9 Å². The van der Waals surface area contributed by atoms with Gasteiger partial charge in [0.1, 0.15) is 13.2 Å². The molecule has 3 unspecified atom stereocenters. The predicted octanol–water partition coefficient (Wildman–Crippen LogP) is 13.3. The molecule has 0 bridgehead atoms. The molecule has 0 spiro atoms. The molecular weight excluding hydrogens is 768 g/mol. The molecule has 0 aliphatic heterocycles. The number of quaternary nitrogens is 1. The van der Waals surface area contributed by atoms with Gasteiger partial charge < -0.3 is 28.8 Å². The standard InChI is InChI=1S/C51H93N2O6P/c1-6-8-10-12-14-16-18-20-22-24-25-26-27-29-31-33-35-37-39-41-43-45-51(55)52-49(48-59-60(56,57)58-47-46-53(3,4)5)50(54)44-42-40-38-36-34-32-30-28-23-21-19-17-15-13-11-9-7-2/h8,10,14,16,20,22,25-26,34,36,42,44,49-50,54H,6-7,9,11-13,15,17-19,21,23-24,27-33,35,37-41,43,45-48H2,1-5H3,(H-,52,55,56,57)/b10-8-,16-14-,22-20-,26-25-,36-34+,44-42+. The van der Waals surface area contributed by atoms with E-state index in [-0.39, 0.29) is 12.5 Å². The Morgan fingerprint density at radius 1 is 0.600 bits per heavy atom. The Labute approximate surface area is 370 Å². The molecule has 0 heterocycles. The Morgan fingerprint density at radius 2 is 1.03 bits per heavy atom. The fraction of sp³-hybridized carbons (Fsp3) is 0.745. The predicted molar refractivity (Wildman–Crippen MR) is 256 cm³/mol. The summed E-state index contributed by atoms with van der Waals surface area (Å²) in [6.07, 6.45) is 56.7. The SMILES string of the molecule is CC/C=C\C/C=C\C/C=C\C/C=C\CCCCCCCCCCC(=O)NC(COP(=O)([O-])OCC[N+](C)(C)C)C(O)/C=C/CC/C=C/CCCCCCCCCCCCC. The van der Waals surface area contributed by atoms with Crippen molar-refractivity contribution in [2.24, 2.45) is 0 Å². The number of nitrogens with one attached hydrogen (secondary N) is 1. The third-order valence-electron chi connectivity index (χ3n) is 10.4. The third-order valence-corrected chi connectivity index (χ3v) is 11.4. The van der Waals surface area contributed by atoms with Gasteiger partial charge in [0.25, 0.3) is 7.82 Å². The molecular formula is C51H93N2O6P. The van der Waals surface area contributed by atoms with Gasteiger partial charge in [0.2, 0.25) is 5.91 Å². The van der Waals surface area contributed by atoms with Gasteiger partial charge in [0.15, 0.2) is 0 Å². The number of carbonyl (C=O) groups excluding carboxylic acids is 1. The molecule has 0 saturated carbocycles.